The predicted molar refractivity (Wildman–Crippen MR) is 134 cm³/mol. The van der Waals surface area contributed by atoms with E-state index in [1.807, 2.05) is 61.5 Å². The molecule has 1 saturated heterocycles. The number of carbonyl (C=O) groups is 1. The SMILES string of the molecule is CCO[C@H]1CN(C(c2ccc(Cl)cc2)c2ccc(Cl)cc2)C[C@@H]1NC(=O)c1ccc(C#N)cc1F. The molecule has 0 saturated carbocycles. The first kappa shape index (κ1) is 25.2. The van der Waals surface area contributed by atoms with Gasteiger partial charge in [0.1, 0.15) is 5.82 Å². The highest BCUT2D eigenvalue weighted by Crippen LogP contribution is 2.34. The van der Waals surface area contributed by atoms with Gasteiger partial charge in [0.05, 0.1) is 35.4 Å². The van der Waals surface area contributed by atoms with Crippen molar-refractivity contribution in [1.29, 1.82) is 5.26 Å². The van der Waals surface area contributed by atoms with Crippen LogP contribution in [0, 0.1) is 17.1 Å². The molecule has 0 aliphatic carbocycles. The average Bonchev–Trinajstić information content (AvgIpc) is 3.23. The molecule has 0 unspecified atom stereocenters. The summed E-state index contributed by atoms with van der Waals surface area (Å²) in [4.78, 5) is 15.2. The monoisotopic (exact) mass is 511 g/mol. The summed E-state index contributed by atoms with van der Waals surface area (Å²) in [6.07, 6.45) is -0.285. The largest absolute Gasteiger partial charge is 0.375 e. The van der Waals surface area contributed by atoms with Crippen molar-refractivity contribution < 1.29 is 13.9 Å². The molecule has 1 heterocycles. The Labute approximate surface area is 214 Å². The second-order valence-corrected chi connectivity index (χ2v) is 9.21. The summed E-state index contributed by atoms with van der Waals surface area (Å²) in [5.74, 6) is -1.28. The first-order valence-corrected chi connectivity index (χ1v) is 12.0. The molecule has 1 N–H and O–H groups in total. The molecule has 35 heavy (non-hydrogen) atoms. The van der Waals surface area contributed by atoms with E-state index in [0.29, 0.717) is 29.7 Å². The maximum Gasteiger partial charge on any atom is 0.254 e. The Morgan fingerprint density at radius 3 is 2.20 bits per heavy atom. The number of benzene rings is 3. The number of rotatable bonds is 7. The minimum Gasteiger partial charge on any atom is -0.375 e. The van der Waals surface area contributed by atoms with Crippen LogP contribution in [-0.2, 0) is 4.74 Å². The van der Waals surface area contributed by atoms with Crippen molar-refractivity contribution in [3.63, 3.8) is 0 Å². The van der Waals surface area contributed by atoms with Crippen LogP contribution in [-0.4, -0.2) is 42.6 Å². The molecule has 0 radical (unpaired) electrons. The van der Waals surface area contributed by atoms with Crippen LogP contribution < -0.4 is 5.32 Å². The first-order valence-electron chi connectivity index (χ1n) is 11.3. The van der Waals surface area contributed by atoms with Crippen LogP contribution in [0.1, 0.15) is 40.0 Å². The number of nitrogens with one attached hydrogen (secondary N) is 1. The summed E-state index contributed by atoms with van der Waals surface area (Å²) >= 11 is 12.3. The molecule has 3 aromatic carbocycles. The minimum absolute atomic E-state index is 0.107. The van der Waals surface area contributed by atoms with Gasteiger partial charge in [-0.15, -0.1) is 0 Å². The van der Waals surface area contributed by atoms with Gasteiger partial charge < -0.3 is 10.1 Å². The van der Waals surface area contributed by atoms with Crippen molar-refractivity contribution in [2.75, 3.05) is 19.7 Å². The molecule has 2 atom stereocenters. The summed E-state index contributed by atoms with van der Waals surface area (Å²) in [5.41, 5.74) is 2.13. The number of nitriles is 1. The Morgan fingerprint density at radius 1 is 1.09 bits per heavy atom. The molecule has 4 rings (SSSR count). The highest BCUT2D eigenvalue weighted by molar-refractivity contribution is 6.30. The van der Waals surface area contributed by atoms with Crippen LogP contribution in [0.15, 0.2) is 66.7 Å². The van der Waals surface area contributed by atoms with Gasteiger partial charge in [-0.25, -0.2) is 4.39 Å². The van der Waals surface area contributed by atoms with Gasteiger partial charge in [-0.2, -0.15) is 5.26 Å². The summed E-state index contributed by atoms with van der Waals surface area (Å²) in [6, 6.07) is 20.5. The van der Waals surface area contributed by atoms with E-state index in [9.17, 15) is 9.18 Å². The van der Waals surface area contributed by atoms with Gasteiger partial charge in [0, 0.05) is 29.7 Å². The van der Waals surface area contributed by atoms with E-state index in [4.69, 9.17) is 33.2 Å². The third kappa shape index (κ3) is 5.83. The fourth-order valence-electron chi connectivity index (χ4n) is 4.45. The molecule has 0 aromatic heterocycles. The maximum absolute atomic E-state index is 14.4. The lowest BCUT2D eigenvalue weighted by Crippen LogP contribution is -2.44. The summed E-state index contributed by atoms with van der Waals surface area (Å²) < 4.78 is 20.4. The number of nitrogens with zero attached hydrogens (tertiary/aromatic N) is 2. The molecule has 0 spiro atoms. The van der Waals surface area contributed by atoms with E-state index in [-0.39, 0.29) is 29.3 Å². The second kappa shape index (κ2) is 11.2. The Bertz CT molecular complexity index is 1180. The van der Waals surface area contributed by atoms with Crippen LogP contribution >= 0.6 is 23.2 Å². The third-order valence-electron chi connectivity index (χ3n) is 6.07. The summed E-state index contributed by atoms with van der Waals surface area (Å²) in [7, 11) is 0. The van der Waals surface area contributed by atoms with Crippen molar-refractivity contribution in [1.82, 2.24) is 10.2 Å². The number of carbonyl (C=O) groups excluding carboxylic acids is 1. The number of amides is 1. The van der Waals surface area contributed by atoms with Gasteiger partial charge >= 0.3 is 0 Å². The fourth-order valence-corrected chi connectivity index (χ4v) is 4.71. The topological polar surface area (TPSA) is 65.4 Å². The van der Waals surface area contributed by atoms with Crippen LogP contribution in [0.4, 0.5) is 4.39 Å². The molecule has 1 aliphatic rings. The average molecular weight is 512 g/mol. The Balaban J connectivity index is 1.61. The van der Waals surface area contributed by atoms with E-state index in [1.54, 1.807) is 0 Å². The van der Waals surface area contributed by atoms with E-state index in [2.05, 4.69) is 10.2 Å². The lowest BCUT2D eigenvalue weighted by atomic mass is 9.97. The molecule has 180 valence electrons. The summed E-state index contributed by atoms with van der Waals surface area (Å²) in [6.45, 7) is 3.43. The normalized spacial score (nSPS) is 17.9. The fraction of sp³-hybridized carbons (Fsp3) is 0.259. The van der Waals surface area contributed by atoms with Crippen molar-refractivity contribution in [2.45, 2.75) is 25.1 Å². The number of halogens is 3. The standard InChI is InChI=1S/C27H24Cl2FN3O2/c1-2-35-25-16-33(15-24(25)32-27(34)22-12-3-17(14-31)13-23(22)30)26(18-4-8-20(28)9-5-18)19-6-10-21(29)11-7-19/h3-13,24-26H,2,15-16H2,1H3,(H,32,34)/t24-,25-/m0/s1. The highest BCUT2D eigenvalue weighted by Gasteiger charge is 2.39. The lowest BCUT2D eigenvalue weighted by Gasteiger charge is -2.29. The molecular formula is C27H24Cl2FN3O2. The van der Waals surface area contributed by atoms with Crippen LogP contribution in [0.2, 0.25) is 10.0 Å². The van der Waals surface area contributed by atoms with Gasteiger partial charge in [-0.1, -0.05) is 47.5 Å². The van der Waals surface area contributed by atoms with Gasteiger partial charge in [0.15, 0.2) is 0 Å². The zero-order chi connectivity index (χ0) is 24.9. The van der Waals surface area contributed by atoms with Crippen LogP contribution in [0.25, 0.3) is 0 Å². The number of hydrogen-bond donors (Lipinski definition) is 1. The maximum atomic E-state index is 14.4. The highest BCUT2D eigenvalue weighted by atomic mass is 35.5. The summed E-state index contributed by atoms with van der Waals surface area (Å²) in [5, 5.41) is 13.2. The Morgan fingerprint density at radius 2 is 1.69 bits per heavy atom. The van der Waals surface area contributed by atoms with Crippen LogP contribution in [0.5, 0.6) is 0 Å². The lowest BCUT2D eigenvalue weighted by molar-refractivity contribution is 0.0489. The Kier molecular flexibility index (Phi) is 8.04. The Hall–Kier alpha value is -2.95. The predicted octanol–water partition coefficient (Wildman–Crippen LogP) is 5.61. The number of likely N-dealkylation sites (tertiary alicyclic amines) is 1. The smallest absolute Gasteiger partial charge is 0.254 e. The first-order chi connectivity index (χ1) is 16.9. The minimum atomic E-state index is -0.732. The van der Waals surface area contributed by atoms with Crippen molar-refractivity contribution in [3.05, 3.63) is 105 Å². The van der Waals surface area contributed by atoms with E-state index in [0.717, 1.165) is 17.2 Å². The van der Waals surface area contributed by atoms with Crippen LogP contribution in [0.3, 0.4) is 0 Å². The zero-order valence-corrected chi connectivity index (χ0v) is 20.6. The molecular weight excluding hydrogens is 488 g/mol. The van der Waals surface area contributed by atoms with Crippen molar-refractivity contribution in [2.24, 2.45) is 0 Å². The molecule has 1 amide bonds. The zero-order valence-electron chi connectivity index (χ0n) is 19.0. The van der Waals surface area contributed by atoms with Gasteiger partial charge in [0.25, 0.3) is 5.91 Å². The van der Waals surface area contributed by atoms with Gasteiger partial charge in [-0.05, 0) is 60.5 Å². The van der Waals surface area contributed by atoms with Gasteiger partial charge in [0.2, 0.25) is 0 Å². The molecule has 3 aromatic rings. The number of hydrogen-bond acceptors (Lipinski definition) is 4. The van der Waals surface area contributed by atoms with Crippen molar-refractivity contribution >= 4 is 29.1 Å². The number of ether oxygens (including phenoxy) is 1. The van der Waals surface area contributed by atoms with Gasteiger partial charge in [-0.3, -0.25) is 9.69 Å². The molecule has 1 aliphatic heterocycles. The molecule has 1 fully saturated rings. The van der Waals surface area contributed by atoms with Crippen molar-refractivity contribution in [3.8, 4) is 6.07 Å². The van der Waals surface area contributed by atoms with E-state index in [1.165, 1.54) is 12.1 Å². The van der Waals surface area contributed by atoms with E-state index < -0.39 is 11.7 Å². The quantitative estimate of drug-likeness (QED) is 0.447. The third-order valence-corrected chi connectivity index (χ3v) is 6.58. The second-order valence-electron chi connectivity index (χ2n) is 8.34. The molecule has 5 nitrogen and oxygen atoms in total. The molecule has 8 heteroatoms. The van der Waals surface area contributed by atoms with E-state index >= 15 is 0 Å². The molecule has 0 bridgehead atoms.